The standard InChI is InChI=1S/C21H25N5O3S2/c1-3-15(20(27)25-11-5-7-14(13-25)21(28)29-4-2)31-18-10-9-17-22-23-19(26(17)24-18)16-8-6-12-30-16/h6,8-10,12,14-15H,3-5,7,11,13H2,1-2H3. The first-order valence-corrected chi connectivity index (χ1v) is 12.2. The molecule has 1 aliphatic heterocycles. The normalized spacial score (nSPS) is 17.6. The Bertz CT molecular complexity index is 1050. The van der Waals surface area contributed by atoms with Crippen LogP contribution < -0.4 is 0 Å². The van der Waals surface area contributed by atoms with Crippen LogP contribution in [0.4, 0.5) is 0 Å². The van der Waals surface area contributed by atoms with E-state index in [1.165, 1.54) is 11.8 Å². The lowest BCUT2D eigenvalue weighted by atomic mass is 9.98. The highest BCUT2D eigenvalue weighted by atomic mass is 32.2. The summed E-state index contributed by atoms with van der Waals surface area (Å²) in [7, 11) is 0. The molecule has 1 amide bonds. The fraction of sp³-hybridized carbons (Fsp3) is 0.476. The average molecular weight is 460 g/mol. The molecule has 8 nitrogen and oxygen atoms in total. The highest BCUT2D eigenvalue weighted by Crippen LogP contribution is 2.29. The minimum absolute atomic E-state index is 0.0469. The first-order valence-electron chi connectivity index (χ1n) is 10.5. The molecule has 0 aromatic carbocycles. The Morgan fingerprint density at radius 1 is 1.29 bits per heavy atom. The molecule has 10 heteroatoms. The monoisotopic (exact) mass is 459 g/mol. The number of amides is 1. The quantitative estimate of drug-likeness (QED) is 0.394. The Labute approximate surface area is 189 Å². The van der Waals surface area contributed by atoms with Crippen molar-refractivity contribution >= 4 is 40.6 Å². The lowest BCUT2D eigenvalue weighted by Crippen LogP contribution is -2.46. The third-order valence-electron chi connectivity index (χ3n) is 5.24. The molecular weight excluding hydrogens is 434 g/mol. The van der Waals surface area contributed by atoms with Gasteiger partial charge in [-0.05, 0) is 49.8 Å². The van der Waals surface area contributed by atoms with Crippen LogP contribution in [-0.4, -0.2) is 61.5 Å². The number of piperidine rings is 1. The number of likely N-dealkylation sites (tertiary alicyclic amines) is 1. The molecular formula is C21H25N5O3S2. The number of carbonyl (C=O) groups excluding carboxylic acids is 2. The Morgan fingerprint density at radius 2 is 2.16 bits per heavy atom. The summed E-state index contributed by atoms with van der Waals surface area (Å²) in [4.78, 5) is 28.2. The van der Waals surface area contributed by atoms with Crippen molar-refractivity contribution in [1.82, 2.24) is 24.7 Å². The second kappa shape index (κ2) is 9.78. The molecule has 2 atom stereocenters. The van der Waals surface area contributed by atoms with Crippen molar-refractivity contribution < 1.29 is 14.3 Å². The van der Waals surface area contributed by atoms with E-state index in [-0.39, 0.29) is 23.0 Å². The SMILES string of the molecule is CCOC(=O)C1CCCN(C(=O)C(CC)Sc2ccc3nnc(-c4cccs4)n3n2)C1. The fourth-order valence-corrected chi connectivity index (χ4v) is 5.36. The third kappa shape index (κ3) is 4.74. The summed E-state index contributed by atoms with van der Waals surface area (Å²) in [6.07, 6.45) is 2.25. The highest BCUT2D eigenvalue weighted by Gasteiger charge is 2.32. The van der Waals surface area contributed by atoms with Crippen molar-refractivity contribution in [2.24, 2.45) is 5.92 Å². The van der Waals surface area contributed by atoms with Gasteiger partial charge in [0.2, 0.25) is 5.91 Å². The Hall–Kier alpha value is -2.46. The van der Waals surface area contributed by atoms with Crippen molar-refractivity contribution in [3.8, 4) is 10.7 Å². The summed E-state index contributed by atoms with van der Waals surface area (Å²) in [6.45, 7) is 5.26. The molecule has 0 bridgehead atoms. The number of thiophene rings is 1. The molecule has 164 valence electrons. The molecule has 3 aromatic heterocycles. The number of nitrogens with zero attached hydrogens (tertiary/aromatic N) is 5. The second-order valence-corrected chi connectivity index (χ2v) is 9.50. The zero-order valence-electron chi connectivity index (χ0n) is 17.6. The maximum absolute atomic E-state index is 13.2. The summed E-state index contributed by atoms with van der Waals surface area (Å²) in [5.41, 5.74) is 0.667. The van der Waals surface area contributed by atoms with Gasteiger partial charge in [0, 0.05) is 13.1 Å². The largest absolute Gasteiger partial charge is 0.466 e. The predicted molar refractivity (Wildman–Crippen MR) is 120 cm³/mol. The van der Waals surface area contributed by atoms with E-state index in [1.807, 2.05) is 36.6 Å². The molecule has 1 fully saturated rings. The van der Waals surface area contributed by atoms with Gasteiger partial charge in [0.25, 0.3) is 0 Å². The maximum Gasteiger partial charge on any atom is 0.310 e. The zero-order valence-corrected chi connectivity index (χ0v) is 19.2. The van der Waals surface area contributed by atoms with Gasteiger partial charge in [-0.2, -0.15) is 9.61 Å². The van der Waals surface area contributed by atoms with Gasteiger partial charge in [-0.1, -0.05) is 24.8 Å². The zero-order chi connectivity index (χ0) is 21.8. The maximum atomic E-state index is 13.2. The van der Waals surface area contributed by atoms with Crippen LogP contribution >= 0.6 is 23.1 Å². The van der Waals surface area contributed by atoms with Crippen LogP contribution in [0.1, 0.15) is 33.1 Å². The molecule has 4 heterocycles. The van der Waals surface area contributed by atoms with Gasteiger partial charge in [-0.25, -0.2) is 0 Å². The lowest BCUT2D eigenvalue weighted by Gasteiger charge is -2.33. The van der Waals surface area contributed by atoms with Crippen LogP contribution in [0.15, 0.2) is 34.7 Å². The van der Waals surface area contributed by atoms with E-state index in [0.29, 0.717) is 37.6 Å². The van der Waals surface area contributed by atoms with E-state index >= 15 is 0 Å². The van der Waals surface area contributed by atoms with Crippen molar-refractivity contribution in [3.63, 3.8) is 0 Å². The van der Waals surface area contributed by atoms with E-state index in [9.17, 15) is 9.59 Å². The topological polar surface area (TPSA) is 89.7 Å². The number of hydrogen-bond acceptors (Lipinski definition) is 8. The van der Waals surface area contributed by atoms with Gasteiger partial charge < -0.3 is 9.64 Å². The first kappa shape index (κ1) is 21.8. The van der Waals surface area contributed by atoms with Gasteiger partial charge in [0.15, 0.2) is 11.5 Å². The number of ether oxygens (including phenoxy) is 1. The van der Waals surface area contributed by atoms with Gasteiger partial charge >= 0.3 is 5.97 Å². The molecule has 3 aromatic rings. The van der Waals surface area contributed by atoms with Crippen LogP contribution in [0.3, 0.4) is 0 Å². The Balaban J connectivity index is 1.49. The molecule has 2 unspecified atom stereocenters. The van der Waals surface area contributed by atoms with E-state index in [1.54, 1.807) is 27.7 Å². The molecule has 0 radical (unpaired) electrons. The van der Waals surface area contributed by atoms with Gasteiger partial charge in [0.05, 0.1) is 22.7 Å². The number of esters is 1. The van der Waals surface area contributed by atoms with Gasteiger partial charge in [-0.3, -0.25) is 9.59 Å². The smallest absolute Gasteiger partial charge is 0.310 e. The lowest BCUT2D eigenvalue weighted by molar-refractivity contribution is -0.151. The number of carbonyl (C=O) groups is 2. The summed E-state index contributed by atoms with van der Waals surface area (Å²) < 4.78 is 6.89. The van der Waals surface area contributed by atoms with Crippen molar-refractivity contribution in [1.29, 1.82) is 0 Å². The number of hydrogen-bond donors (Lipinski definition) is 0. The van der Waals surface area contributed by atoms with Gasteiger partial charge in [0.1, 0.15) is 5.03 Å². The van der Waals surface area contributed by atoms with Crippen LogP contribution in [-0.2, 0) is 14.3 Å². The number of fused-ring (bicyclic) bond motifs is 1. The van der Waals surface area contributed by atoms with Crippen LogP contribution in [0.2, 0.25) is 0 Å². The summed E-state index contributed by atoms with van der Waals surface area (Å²) in [5, 5.41) is 15.6. The fourth-order valence-electron chi connectivity index (χ4n) is 3.68. The third-order valence-corrected chi connectivity index (χ3v) is 7.39. The molecule has 0 N–H and O–H groups in total. The van der Waals surface area contributed by atoms with Crippen molar-refractivity contribution in [3.05, 3.63) is 29.6 Å². The Kier molecular flexibility index (Phi) is 6.86. The van der Waals surface area contributed by atoms with Crippen LogP contribution in [0, 0.1) is 5.92 Å². The number of aromatic nitrogens is 4. The molecule has 0 aliphatic carbocycles. The molecule has 31 heavy (non-hydrogen) atoms. The van der Waals surface area contributed by atoms with Crippen molar-refractivity contribution in [2.75, 3.05) is 19.7 Å². The van der Waals surface area contributed by atoms with E-state index < -0.39 is 0 Å². The summed E-state index contributed by atoms with van der Waals surface area (Å²) in [5.74, 6) is 0.298. The van der Waals surface area contributed by atoms with E-state index in [4.69, 9.17) is 9.84 Å². The van der Waals surface area contributed by atoms with Crippen molar-refractivity contribution in [2.45, 2.75) is 43.4 Å². The molecule has 0 saturated carbocycles. The summed E-state index contributed by atoms with van der Waals surface area (Å²) >= 11 is 3.02. The van der Waals surface area contributed by atoms with E-state index in [2.05, 4.69) is 10.2 Å². The molecule has 1 aliphatic rings. The summed E-state index contributed by atoms with van der Waals surface area (Å²) in [6, 6.07) is 7.69. The minimum Gasteiger partial charge on any atom is -0.466 e. The predicted octanol–water partition coefficient (Wildman–Crippen LogP) is 3.53. The highest BCUT2D eigenvalue weighted by molar-refractivity contribution is 8.00. The average Bonchev–Trinajstić information content (AvgIpc) is 3.46. The van der Waals surface area contributed by atoms with Crippen LogP contribution in [0.25, 0.3) is 16.3 Å². The molecule has 4 rings (SSSR count). The minimum atomic E-state index is -0.271. The Morgan fingerprint density at radius 3 is 2.90 bits per heavy atom. The first-order chi connectivity index (χ1) is 15.1. The van der Waals surface area contributed by atoms with E-state index in [0.717, 1.165) is 22.7 Å². The second-order valence-electron chi connectivity index (χ2n) is 7.33. The van der Waals surface area contributed by atoms with Gasteiger partial charge in [-0.15, -0.1) is 21.5 Å². The number of thioether (sulfide) groups is 1. The molecule has 1 saturated heterocycles. The number of rotatable bonds is 7. The molecule has 0 spiro atoms. The van der Waals surface area contributed by atoms with Crippen LogP contribution in [0.5, 0.6) is 0 Å².